The Hall–Kier alpha value is -2.75. The number of rotatable bonds is 6. The molecule has 0 aliphatic carbocycles. The highest BCUT2D eigenvalue weighted by atomic mass is 16.5. The van der Waals surface area contributed by atoms with Crippen molar-refractivity contribution in [2.75, 3.05) is 43.6 Å². The van der Waals surface area contributed by atoms with Gasteiger partial charge in [0.25, 0.3) is 5.56 Å². The average molecular weight is 347 g/mol. The molecular weight excluding hydrogens is 326 g/mol. The third-order valence-corrected chi connectivity index (χ3v) is 3.59. The summed E-state index contributed by atoms with van der Waals surface area (Å²) in [4.78, 5) is 26.7. The lowest BCUT2D eigenvalue weighted by Crippen LogP contribution is -2.37. The number of nitrogens with zero attached hydrogens (tertiary/aromatic N) is 6. The van der Waals surface area contributed by atoms with Crippen LogP contribution in [0, 0.1) is 0 Å². The molecule has 0 radical (unpaired) electrons. The first-order valence-electron chi connectivity index (χ1n) is 8.22. The third kappa shape index (κ3) is 4.21. The molecule has 10 heteroatoms. The summed E-state index contributed by atoms with van der Waals surface area (Å²) >= 11 is 0. The number of aryl methyl sites for hydroxylation is 1. The Balaban J connectivity index is 1.86. The maximum absolute atomic E-state index is 11.8. The molecule has 3 rings (SSSR count). The summed E-state index contributed by atoms with van der Waals surface area (Å²) < 4.78 is 12.4. The quantitative estimate of drug-likeness (QED) is 0.799. The smallest absolute Gasteiger partial charge is 0.330 e. The van der Waals surface area contributed by atoms with Crippen molar-refractivity contribution in [2.24, 2.45) is 0 Å². The average Bonchev–Trinajstić information content (AvgIpc) is 2.65. The highest BCUT2D eigenvalue weighted by Crippen LogP contribution is 2.19. The van der Waals surface area contributed by atoms with Crippen LogP contribution in [-0.4, -0.2) is 58.1 Å². The molecule has 0 spiro atoms. The van der Waals surface area contributed by atoms with Crippen LogP contribution >= 0.6 is 0 Å². The van der Waals surface area contributed by atoms with Gasteiger partial charge in [-0.2, -0.15) is 15.0 Å². The lowest BCUT2D eigenvalue weighted by Gasteiger charge is -2.26. The van der Waals surface area contributed by atoms with Crippen LogP contribution in [0.15, 0.2) is 16.9 Å². The third-order valence-electron chi connectivity index (χ3n) is 3.59. The van der Waals surface area contributed by atoms with Crippen LogP contribution in [0.5, 0.6) is 11.9 Å². The Kier molecular flexibility index (Phi) is 5.39. The Labute approximate surface area is 144 Å². The summed E-state index contributed by atoms with van der Waals surface area (Å²) in [5, 5.41) is 7.08. The minimum absolute atomic E-state index is 0.120. The Morgan fingerprint density at radius 1 is 1.24 bits per heavy atom. The second-order valence-electron chi connectivity index (χ2n) is 5.43. The number of aromatic nitrogens is 5. The topological polar surface area (TPSA) is 107 Å². The lowest BCUT2D eigenvalue weighted by molar-refractivity contribution is 0.122. The van der Waals surface area contributed by atoms with E-state index in [4.69, 9.17) is 9.47 Å². The van der Waals surface area contributed by atoms with E-state index in [9.17, 15) is 4.79 Å². The van der Waals surface area contributed by atoms with Gasteiger partial charge in [-0.05, 0) is 6.42 Å². The molecule has 10 nitrogen and oxygen atoms in total. The second-order valence-corrected chi connectivity index (χ2v) is 5.43. The summed E-state index contributed by atoms with van der Waals surface area (Å²) in [6.07, 6.45) is 0.799. The fraction of sp³-hybridized carbons (Fsp3) is 0.533. The molecule has 0 amide bonds. The molecule has 2 aromatic heterocycles. The highest BCUT2D eigenvalue weighted by molar-refractivity contribution is 5.38. The maximum atomic E-state index is 11.8. The standard InChI is InChI=1S/C15H21N7O3/c1-3-6-22-12(23)5-4-11(20-22)25-15-18-13(16-2)17-14(19-15)21-7-9-24-10-8-21/h4-5H,3,6-10H2,1-2H3,(H,16,17,18,19). The number of anilines is 2. The van der Waals surface area contributed by atoms with Crippen molar-refractivity contribution in [2.45, 2.75) is 19.9 Å². The lowest BCUT2D eigenvalue weighted by atomic mass is 10.4. The summed E-state index contributed by atoms with van der Waals surface area (Å²) in [5.41, 5.74) is -0.172. The normalized spacial score (nSPS) is 14.4. The van der Waals surface area contributed by atoms with E-state index in [0.29, 0.717) is 44.7 Å². The van der Waals surface area contributed by atoms with Gasteiger partial charge in [-0.1, -0.05) is 6.92 Å². The van der Waals surface area contributed by atoms with Crippen LogP contribution in [0.1, 0.15) is 13.3 Å². The molecule has 0 saturated carbocycles. The van der Waals surface area contributed by atoms with Crippen LogP contribution in [-0.2, 0) is 11.3 Å². The predicted octanol–water partition coefficient (Wildman–Crippen LogP) is 0.509. The first-order chi connectivity index (χ1) is 12.2. The molecule has 1 fully saturated rings. The first-order valence-corrected chi connectivity index (χ1v) is 8.22. The van der Waals surface area contributed by atoms with E-state index in [2.05, 4.69) is 25.4 Å². The predicted molar refractivity (Wildman–Crippen MR) is 91.3 cm³/mol. The number of morpholine rings is 1. The fourth-order valence-electron chi connectivity index (χ4n) is 2.36. The van der Waals surface area contributed by atoms with Gasteiger partial charge in [0, 0.05) is 38.8 Å². The Morgan fingerprint density at radius 3 is 2.76 bits per heavy atom. The molecular formula is C15H21N7O3. The van der Waals surface area contributed by atoms with Gasteiger partial charge in [0.2, 0.25) is 17.8 Å². The van der Waals surface area contributed by atoms with Gasteiger partial charge in [0.1, 0.15) is 0 Å². The van der Waals surface area contributed by atoms with Gasteiger partial charge < -0.3 is 19.7 Å². The molecule has 0 aromatic carbocycles. The number of nitrogens with one attached hydrogen (secondary N) is 1. The molecule has 1 aliphatic heterocycles. The molecule has 25 heavy (non-hydrogen) atoms. The summed E-state index contributed by atoms with van der Waals surface area (Å²) in [6, 6.07) is 3.04. The van der Waals surface area contributed by atoms with Crippen molar-refractivity contribution in [1.82, 2.24) is 24.7 Å². The van der Waals surface area contributed by atoms with E-state index in [0.717, 1.165) is 6.42 Å². The zero-order chi connectivity index (χ0) is 17.6. The van der Waals surface area contributed by atoms with Gasteiger partial charge in [-0.15, -0.1) is 5.10 Å². The van der Waals surface area contributed by atoms with Gasteiger partial charge >= 0.3 is 6.01 Å². The maximum Gasteiger partial charge on any atom is 0.330 e. The molecule has 3 heterocycles. The Morgan fingerprint density at radius 2 is 2.04 bits per heavy atom. The van der Waals surface area contributed by atoms with Crippen molar-refractivity contribution in [3.63, 3.8) is 0 Å². The monoisotopic (exact) mass is 347 g/mol. The molecule has 2 aromatic rings. The van der Waals surface area contributed by atoms with Crippen LogP contribution in [0.3, 0.4) is 0 Å². The van der Waals surface area contributed by atoms with Crippen molar-refractivity contribution in [3.8, 4) is 11.9 Å². The number of hydrogen-bond acceptors (Lipinski definition) is 9. The Bertz CT molecular complexity index is 774. The minimum Gasteiger partial charge on any atom is -0.403 e. The van der Waals surface area contributed by atoms with Gasteiger partial charge in [0.05, 0.1) is 13.2 Å². The summed E-state index contributed by atoms with van der Waals surface area (Å²) in [5.74, 6) is 1.17. The highest BCUT2D eigenvalue weighted by Gasteiger charge is 2.17. The second kappa shape index (κ2) is 7.88. The first kappa shape index (κ1) is 17.1. The van der Waals surface area contributed by atoms with E-state index < -0.39 is 0 Å². The molecule has 1 saturated heterocycles. The van der Waals surface area contributed by atoms with Crippen LogP contribution in [0.25, 0.3) is 0 Å². The van der Waals surface area contributed by atoms with E-state index in [1.807, 2.05) is 11.8 Å². The van der Waals surface area contributed by atoms with Crippen molar-refractivity contribution in [1.29, 1.82) is 0 Å². The SMILES string of the molecule is CCCn1nc(Oc2nc(NC)nc(N3CCOCC3)n2)ccc1=O. The fourth-order valence-corrected chi connectivity index (χ4v) is 2.36. The molecule has 134 valence electrons. The molecule has 0 bridgehead atoms. The van der Waals surface area contributed by atoms with Crippen LogP contribution < -0.4 is 20.5 Å². The summed E-state index contributed by atoms with van der Waals surface area (Å²) in [7, 11) is 1.72. The minimum atomic E-state index is -0.172. The van der Waals surface area contributed by atoms with Gasteiger partial charge in [-0.3, -0.25) is 4.79 Å². The number of hydrogen-bond donors (Lipinski definition) is 1. The van der Waals surface area contributed by atoms with Crippen molar-refractivity contribution < 1.29 is 9.47 Å². The van der Waals surface area contributed by atoms with Crippen molar-refractivity contribution in [3.05, 3.63) is 22.5 Å². The van der Waals surface area contributed by atoms with Gasteiger partial charge in [0.15, 0.2) is 0 Å². The van der Waals surface area contributed by atoms with E-state index in [-0.39, 0.29) is 17.4 Å². The summed E-state index contributed by atoms with van der Waals surface area (Å²) in [6.45, 7) is 5.15. The largest absolute Gasteiger partial charge is 0.403 e. The zero-order valence-electron chi connectivity index (χ0n) is 14.3. The number of ether oxygens (including phenoxy) is 2. The van der Waals surface area contributed by atoms with E-state index in [1.54, 1.807) is 7.05 Å². The molecule has 1 aliphatic rings. The van der Waals surface area contributed by atoms with Crippen LogP contribution in [0.2, 0.25) is 0 Å². The van der Waals surface area contributed by atoms with Crippen molar-refractivity contribution >= 4 is 11.9 Å². The van der Waals surface area contributed by atoms with E-state index in [1.165, 1.54) is 16.8 Å². The molecule has 0 unspecified atom stereocenters. The van der Waals surface area contributed by atoms with Gasteiger partial charge in [-0.25, -0.2) is 4.68 Å². The van der Waals surface area contributed by atoms with E-state index >= 15 is 0 Å². The zero-order valence-corrected chi connectivity index (χ0v) is 14.3. The molecule has 1 N–H and O–H groups in total. The molecule has 0 atom stereocenters. The van der Waals surface area contributed by atoms with Crippen LogP contribution in [0.4, 0.5) is 11.9 Å².